The molecule has 3 nitrogen and oxygen atoms in total. The maximum absolute atomic E-state index is 8.76. The molecule has 0 radical (unpaired) electrons. The molecule has 1 spiro atoms. The van der Waals surface area contributed by atoms with Gasteiger partial charge in [0.1, 0.15) is 0 Å². The minimum absolute atomic E-state index is 0.372. The van der Waals surface area contributed by atoms with Crippen LogP contribution in [0.15, 0.2) is 0 Å². The topological polar surface area (TPSA) is 52.5 Å². The first-order valence-corrected chi connectivity index (χ1v) is 4.32. The number of hydrogen-bond donors (Lipinski definition) is 3. The Hall–Kier alpha value is -0.120. The van der Waals surface area contributed by atoms with Gasteiger partial charge in [0.05, 0.1) is 0 Å². The quantitative estimate of drug-likeness (QED) is 0.488. The van der Waals surface area contributed by atoms with E-state index in [1.54, 1.807) is 0 Å². The fourth-order valence-electron chi connectivity index (χ4n) is 2.24. The van der Waals surface area contributed by atoms with Gasteiger partial charge in [-0.2, -0.15) is 0 Å². The van der Waals surface area contributed by atoms with E-state index in [1.807, 2.05) is 0 Å². The zero-order valence-electron chi connectivity index (χ0n) is 6.58. The monoisotopic (exact) mass is 157 g/mol. The fourth-order valence-corrected chi connectivity index (χ4v) is 2.24. The second-order valence-corrected chi connectivity index (χ2v) is 3.87. The molecule has 0 bridgehead atoms. The summed E-state index contributed by atoms with van der Waals surface area (Å²) >= 11 is 0. The highest BCUT2D eigenvalue weighted by molar-refractivity contribution is 5.06. The molecule has 0 amide bonds. The van der Waals surface area contributed by atoms with Gasteiger partial charge >= 0.3 is 0 Å². The number of aliphatic hydroxyl groups is 2. The molecule has 2 rings (SSSR count). The minimum Gasteiger partial charge on any atom is -0.368 e. The predicted octanol–water partition coefficient (Wildman–Crippen LogP) is -0.171. The first-order valence-electron chi connectivity index (χ1n) is 4.32. The highest BCUT2D eigenvalue weighted by Gasteiger charge is 2.50. The van der Waals surface area contributed by atoms with E-state index in [0.29, 0.717) is 17.9 Å². The molecule has 1 unspecified atom stereocenters. The Balaban J connectivity index is 1.86. The van der Waals surface area contributed by atoms with Crippen LogP contribution in [0.3, 0.4) is 0 Å². The lowest BCUT2D eigenvalue weighted by molar-refractivity contribution is -0.0949. The molecule has 0 aromatic carbocycles. The Labute approximate surface area is 66.4 Å². The van der Waals surface area contributed by atoms with E-state index in [-0.39, 0.29) is 0 Å². The van der Waals surface area contributed by atoms with Crippen LogP contribution >= 0.6 is 0 Å². The second-order valence-electron chi connectivity index (χ2n) is 3.87. The van der Waals surface area contributed by atoms with Gasteiger partial charge in [-0.05, 0) is 18.3 Å². The average Bonchev–Trinajstić information content (AvgIpc) is 1.76. The van der Waals surface area contributed by atoms with Crippen LogP contribution in [-0.2, 0) is 0 Å². The molecule has 2 fully saturated rings. The Kier molecular flexibility index (Phi) is 1.67. The summed E-state index contributed by atoms with van der Waals surface area (Å²) in [7, 11) is 0. The molecule has 3 heteroatoms. The molecular weight excluding hydrogens is 142 g/mol. The van der Waals surface area contributed by atoms with Crippen LogP contribution in [0.4, 0.5) is 0 Å². The van der Waals surface area contributed by atoms with Gasteiger partial charge in [-0.1, -0.05) is 6.42 Å². The Bertz CT molecular complexity index is 149. The molecule has 1 aliphatic carbocycles. The van der Waals surface area contributed by atoms with Crippen LogP contribution in [0.1, 0.15) is 25.7 Å². The molecule has 0 aromatic heterocycles. The van der Waals surface area contributed by atoms with Crippen molar-refractivity contribution >= 4 is 0 Å². The lowest BCUT2D eigenvalue weighted by Gasteiger charge is -2.57. The largest absolute Gasteiger partial charge is 0.368 e. The molecule has 1 aliphatic heterocycles. The molecule has 11 heavy (non-hydrogen) atoms. The number of aliphatic hydroxyl groups excluding tert-OH is 1. The number of hydrogen-bond acceptors (Lipinski definition) is 3. The molecule has 64 valence electrons. The number of nitrogens with one attached hydrogen (secondary N) is 1. The van der Waals surface area contributed by atoms with Crippen molar-refractivity contribution in [2.75, 3.05) is 6.54 Å². The van der Waals surface area contributed by atoms with E-state index in [0.717, 1.165) is 6.54 Å². The average molecular weight is 157 g/mol. The summed E-state index contributed by atoms with van der Waals surface area (Å²) < 4.78 is 0. The van der Waals surface area contributed by atoms with E-state index in [4.69, 9.17) is 10.2 Å². The van der Waals surface area contributed by atoms with E-state index in [2.05, 4.69) is 5.32 Å². The second kappa shape index (κ2) is 2.44. The van der Waals surface area contributed by atoms with Gasteiger partial charge in [-0.3, -0.25) is 0 Å². The van der Waals surface area contributed by atoms with Crippen LogP contribution in [-0.4, -0.2) is 29.1 Å². The summed E-state index contributed by atoms with van der Waals surface area (Å²) in [5.74, 6) is 0. The normalized spacial score (nSPS) is 33.5. The predicted molar refractivity (Wildman–Crippen MR) is 40.9 cm³/mol. The lowest BCUT2D eigenvalue weighted by atomic mass is 9.58. The minimum atomic E-state index is -1.13. The highest BCUT2D eigenvalue weighted by atomic mass is 16.5. The van der Waals surface area contributed by atoms with Gasteiger partial charge in [-0.15, -0.1) is 0 Å². The Morgan fingerprint density at radius 1 is 1.45 bits per heavy atom. The maximum atomic E-state index is 8.76. The smallest absolute Gasteiger partial charge is 0.152 e. The lowest BCUT2D eigenvalue weighted by Crippen LogP contribution is -2.66. The van der Waals surface area contributed by atoms with Gasteiger partial charge in [0.2, 0.25) is 0 Å². The van der Waals surface area contributed by atoms with Crippen LogP contribution in [0.2, 0.25) is 0 Å². The highest BCUT2D eigenvalue weighted by Crippen LogP contribution is 2.49. The Morgan fingerprint density at radius 3 is 2.45 bits per heavy atom. The first-order chi connectivity index (χ1) is 5.23. The van der Waals surface area contributed by atoms with Crippen molar-refractivity contribution in [3.05, 3.63) is 0 Å². The van der Waals surface area contributed by atoms with Crippen molar-refractivity contribution in [2.45, 2.75) is 38.0 Å². The van der Waals surface area contributed by atoms with Gasteiger partial charge < -0.3 is 15.5 Å². The summed E-state index contributed by atoms with van der Waals surface area (Å²) in [5, 5.41) is 20.8. The van der Waals surface area contributed by atoms with Gasteiger partial charge in [0.25, 0.3) is 0 Å². The van der Waals surface area contributed by atoms with Gasteiger partial charge in [0, 0.05) is 19.0 Å². The summed E-state index contributed by atoms with van der Waals surface area (Å²) in [5.41, 5.74) is 0.462. The van der Waals surface area contributed by atoms with Crippen molar-refractivity contribution in [3.8, 4) is 0 Å². The summed E-state index contributed by atoms with van der Waals surface area (Å²) in [6.07, 6.45) is 3.24. The molecule has 1 saturated carbocycles. The summed E-state index contributed by atoms with van der Waals surface area (Å²) in [4.78, 5) is 0. The molecule has 1 heterocycles. The molecular formula is C8H15NO2. The first kappa shape index (κ1) is 7.53. The van der Waals surface area contributed by atoms with Crippen molar-refractivity contribution in [1.82, 2.24) is 5.32 Å². The van der Waals surface area contributed by atoms with Gasteiger partial charge in [-0.25, -0.2) is 0 Å². The molecule has 0 aromatic rings. The Morgan fingerprint density at radius 2 is 2.18 bits per heavy atom. The summed E-state index contributed by atoms with van der Waals surface area (Å²) in [6, 6.07) is 0.372. The van der Waals surface area contributed by atoms with E-state index in [9.17, 15) is 0 Å². The fraction of sp³-hybridized carbons (Fsp3) is 1.00. The third kappa shape index (κ3) is 1.08. The van der Waals surface area contributed by atoms with Crippen molar-refractivity contribution in [2.24, 2.45) is 5.41 Å². The SMILES string of the molecule is OC(O)CC1NCC12CCC2. The van der Waals surface area contributed by atoms with E-state index >= 15 is 0 Å². The number of rotatable bonds is 2. The molecule has 1 saturated heterocycles. The molecule has 1 atom stereocenters. The van der Waals surface area contributed by atoms with Crippen LogP contribution in [0.5, 0.6) is 0 Å². The van der Waals surface area contributed by atoms with E-state index < -0.39 is 6.29 Å². The third-order valence-electron chi connectivity index (χ3n) is 3.24. The molecule has 3 N–H and O–H groups in total. The standard InChI is InChI=1S/C8H15NO2/c10-7(11)4-6-8(5-9-6)2-1-3-8/h6-7,9-11H,1-5H2. The molecule has 2 aliphatic rings. The van der Waals surface area contributed by atoms with E-state index in [1.165, 1.54) is 19.3 Å². The maximum Gasteiger partial charge on any atom is 0.152 e. The third-order valence-corrected chi connectivity index (χ3v) is 3.24. The summed E-state index contributed by atoms with van der Waals surface area (Å²) in [6.45, 7) is 1.09. The zero-order valence-corrected chi connectivity index (χ0v) is 6.58. The van der Waals surface area contributed by atoms with Crippen molar-refractivity contribution < 1.29 is 10.2 Å². The zero-order chi connectivity index (χ0) is 7.90. The van der Waals surface area contributed by atoms with Crippen molar-refractivity contribution in [3.63, 3.8) is 0 Å². The van der Waals surface area contributed by atoms with Gasteiger partial charge in [0.15, 0.2) is 6.29 Å². The van der Waals surface area contributed by atoms with Crippen LogP contribution < -0.4 is 5.32 Å². The van der Waals surface area contributed by atoms with Crippen LogP contribution in [0, 0.1) is 5.41 Å². The van der Waals surface area contributed by atoms with Crippen LogP contribution in [0.25, 0.3) is 0 Å². The van der Waals surface area contributed by atoms with Crippen molar-refractivity contribution in [1.29, 1.82) is 0 Å².